The molecule has 0 aliphatic heterocycles. The number of aromatic nitrogens is 2. The number of urea groups is 1. The van der Waals surface area contributed by atoms with Gasteiger partial charge in [0.1, 0.15) is 5.75 Å². The van der Waals surface area contributed by atoms with Crippen LogP contribution in [0.2, 0.25) is 0 Å². The number of methoxy groups -OCH3 is 1. The van der Waals surface area contributed by atoms with Gasteiger partial charge in [0.05, 0.1) is 23.1 Å². The van der Waals surface area contributed by atoms with E-state index in [9.17, 15) is 14.9 Å². The number of nitrogens with zero attached hydrogens (tertiary/aromatic N) is 2. The highest BCUT2D eigenvalue weighted by Crippen LogP contribution is 2.20. The number of benzene rings is 2. The Morgan fingerprint density at radius 2 is 1.96 bits per heavy atom. The van der Waals surface area contributed by atoms with Crippen molar-refractivity contribution >= 4 is 34.4 Å². The molecule has 0 fully saturated rings. The van der Waals surface area contributed by atoms with E-state index in [2.05, 4.69) is 20.6 Å². The molecular weight excluding hydrogens is 314 g/mol. The Hall–Kier alpha value is -3.62. The summed E-state index contributed by atoms with van der Waals surface area (Å²) in [6.45, 7) is 0. The first-order valence-electron chi connectivity index (χ1n) is 6.91. The van der Waals surface area contributed by atoms with E-state index < -0.39 is 11.0 Å². The minimum Gasteiger partial charge on any atom is -0.497 e. The van der Waals surface area contributed by atoms with E-state index in [4.69, 9.17) is 4.74 Å². The van der Waals surface area contributed by atoms with E-state index in [-0.39, 0.29) is 11.6 Å². The number of fused-ring (bicyclic) bond motifs is 1. The average molecular weight is 327 g/mol. The molecule has 0 aliphatic carbocycles. The molecule has 9 nitrogen and oxygen atoms in total. The molecule has 2 aromatic carbocycles. The molecule has 0 spiro atoms. The maximum Gasteiger partial charge on any atom is 0.326 e. The van der Waals surface area contributed by atoms with Crippen LogP contribution in [-0.4, -0.2) is 28.0 Å². The maximum atomic E-state index is 12.0. The van der Waals surface area contributed by atoms with Gasteiger partial charge < -0.3 is 15.0 Å². The van der Waals surface area contributed by atoms with Gasteiger partial charge >= 0.3 is 6.03 Å². The SMILES string of the molecule is COc1ccc2nc(NC(=O)Nc3ccc([N+](=O)[O-])cc3)[nH]c2c1. The average Bonchev–Trinajstić information content (AvgIpc) is 2.96. The molecule has 0 saturated heterocycles. The lowest BCUT2D eigenvalue weighted by Crippen LogP contribution is -2.20. The van der Waals surface area contributed by atoms with Gasteiger partial charge in [-0.15, -0.1) is 0 Å². The Kier molecular flexibility index (Phi) is 3.98. The van der Waals surface area contributed by atoms with Crippen molar-refractivity contribution < 1.29 is 14.5 Å². The van der Waals surface area contributed by atoms with Crippen molar-refractivity contribution in [2.75, 3.05) is 17.7 Å². The topological polar surface area (TPSA) is 122 Å². The van der Waals surface area contributed by atoms with Crippen LogP contribution >= 0.6 is 0 Å². The Balaban J connectivity index is 1.69. The summed E-state index contributed by atoms with van der Waals surface area (Å²) in [5.74, 6) is 0.950. The van der Waals surface area contributed by atoms with Crippen LogP contribution in [-0.2, 0) is 0 Å². The van der Waals surface area contributed by atoms with Gasteiger partial charge in [-0.1, -0.05) is 0 Å². The van der Waals surface area contributed by atoms with Crippen LogP contribution in [0.4, 0.5) is 22.1 Å². The number of aromatic amines is 1. The first kappa shape index (κ1) is 15.3. The molecule has 0 radical (unpaired) electrons. The fraction of sp³-hybridized carbons (Fsp3) is 0.0667. The fourth-order valence-corrected chi connectivity index (χ4v) is 2.11. The highest BCUT2D eigenvalue weighted by molar-refractivity contribution is 5.99. The van der Waals surface area contributed by atoms with Crippen LogP contribution in [0.25, 0.3) is 11.0 Å². The summed E-state index contributed by atoms with van der Waals surface area (Å²) in [6, 6.07) is 10.3. The van der Waals surface area contributed by atoms with Crippen LogP contribution in [0.1, 0.15) is 0 Å². The largest absolute Gasteiger partial charge is 0.497 e. The number of nitrogens with one attached hydrogen (secondary N) is 3. The van der Waals surface area contributed by atoms with Crippen molar-refractivity contribution in [3.63, 3.8) is 0 Å². The number of carbonyl (C=O) groups excluding carboxylic acids is 1. The third-order valence-corrected chi connectivity index (χ3v) is 3.26. The highest BCUT2D eigenvalue weighted by Gasteiger charge is 2.09. The zero-order valence-corrected chi connectivity index (χ0v) is 12.6. The van der Waals surface area contributed by atoms with Crippen molar-refractivity contribution in [2.24, 2.45) is 0 Å². The van der Waals surface area contributed by atoms with Crippen LogP contribution in [0.15, 0.2) is 42.5 Å². The first-order valence-corrected chi connectivity index (χ1v) is 6.91. The van der Waals surface area contributed by atoms with Crippen LogP contribution in [0.5, 0.6) is 5.75 Å². The summed E-state index contributed by atoms with van der Waals surface area (Å²) < 4.78 is 5.12. The lowest BCUT2D eigenvalue weighted by Gasteiger charge is -2.04. The van der Waals surface area contributed by atoms with E-state index >= 15 is 0 Å². The van der Waals surface area contributed by atoms with Crippen molar-refractivity contribution in [1.82, 2.24) is 9.97 Å². The van der Waals surface area contributed by atoms with Gasteiger partial charge in [-0.05, 0) is 24.3 Å². The van der Waals surface area contributed by atoms with Gasteiger partial charge in [-0.25, -0.2) is 9.78 Å². The number of hydrogen-bond acceptors (Lipinski definition) is 5. The van der Waals surface area contributed by atoms with E-state index in [0.717, 1.165) is 5.52 Å². The van der Waals surface area contributed by atoms with E-state index in [1.54, 1.807) is 25.3 Å². The van der Waals surface area contributed by atoms with Gasteiger partial charge in [0.15, 0.2) is 0 Å². The zero-order chi connectivity index (χ0) is 17.1. The van der Waals surface area contributed by atoms with Gasteiger partial charge in [0.25, 0.3) is 5.69 Å². The second-order valence-electron chi connectivity index (χ2n) is 4.85. The molecule has 0 bridgehead atoms. The number of amides is 2. The molecule has 0 unspecified atom stereocenters. The monoisotopic (exact) mass is 327 g/mol. The molecule has 3 N–H and O–H groups in total. The molecule has 0 saturated carbocycles. The zero-order valence-electron chi connectivity index (χ0n) is 12.6. The highest BCUT2D eigenvalue weighted by atomic mass is 16.6. The summed E-state index contributed by atoms with van der Waals surface area (Å²) in [7, 11) is 1.56. The van der Waals surface area contributed by atoms with E-state index in [1.807, 2.05) is 0 Å². The molecule has 3 aromatic rings. The summed E-state index contributed by atoms with van der Waals surface area (Å²) >= 11 is 0. The Bertz CT molecular complexity index is 904. The molecule has 0 aliphatic rings. The minimum atomic E-state index is -0.519. The second kappa shape index (κ2) is 6.24. The molecule has 2 amide bonds. The van der Waals surface area contributed by atoms with Crippen LogP contribution in [0.3, 0.4) is 0 Å². The smallest absolute Gasteiger partial charge is 0.326 e. The number of ether oxygens (including phenoxy) is 1. The minimum absolute atomic E-state index is 0.0489. The summed E-state index contributed by atoms with van der Waals surface area (Å²) in [4.78, 5) is 29.2. The number of anilines is 2. The number of non-ortho nitro benzene ring substituents is 1. The van der Waals surface area contributed by atoms with Gasteiger partial charge in [-0.2, -0.15) is 0 Å². The third kappa shape index (κ3) is 3.24. The van der Waals surface area contributed by atoms with Crippen molar-refractivity contribution in [3.05, 3.63) is 52.6 Å². The number of rotatable bonds is 4. The lowest BCUT2D eigenvalue weighted by molar-refractivity contribution is -0.384. The van der Waals surface area contributed by atoms with Crippen molar-refractivity contribution in [1.29, 1.82) is 0 Å². The van der Waals surface area contributed by atoms with Crippen LogP contribution in [0, 0.1) is 10.1 Å². The molecular formula is C15H13N5O4. The number of imidazole rings is 1. The van der Waals surface area contributed by atoms with E-state index in [1.165, 1.54) is 24.3 Å². The molecule has 0 atom stereocenters. The molecule has 1 aromatic heterocycles. The van der Waals surface area contributed by atoms with Crippen LogP contribution < -0.4 is 15.4 Å². The Morgan fingerprint density at radius 1 is 1.21 bits per heavy atom. The maximum absolute atomic E-state index is 12.0. The second-order valence-corrected chi connectivity index (χ2v) is 4.85. The first-order chi connectivity index (χ1) is 11.5. The predicted octanol–water partition coefficient (Wildman–Crippen LogP) is 3.12. The number of hydrogen-bond donors (Lipinski definition) is 3. The summed E-state index contributed by atoms with van der Waals surface area (Å²) in [6.07, 6.45) is 0. The molecule has 3 rings (SSSR count). The standard InChI is InChI=1S/C15H13N5O4/c1-24-11-6-7-12-13(8-11)18-14(17-12)19-15(21)16-9-2-4-10(5-3-9)20(22)23/h2-8H,1H3,(H3,16,17,18,19,21). The van der Waals surface area contributed by atoms with E-state index in [0.29, 0.717) is 17.0 Å². The molecule has 24 heavy (non-hydrogen) atoms. The van der Waals surface area contributed by atoms with Crippen molar-refractivity contribution in [2.45, 2.75) is 0 Å². The summed E-state index contributed by atoms with van der Waals surface area (Å²) in [5.41, 5.74) is 1.78. The predicted molar refractivity (Wildman–Crippen MR) is 88.4 cm³/mol. The van der Waals surface area contributed by atoms with Gasteiger partial charge in [-0.3, -0.25) is 15.4 Å². The fourth-order valence-electron chi connectivity index (χ4n) is 2.11. The Labute approximate surface area is 135 Å². The third-order valence-electron chi connectivity index (χ3n) is 3.26. The molecule has 122 valence electrons. The molecule has 1 heterocycles. The number of nitro benzene ring substituents is 1. The normalized spacial score (nSPS) is 10.4. The number of nitro groups is 1. The molecule has 9 heteroatoms. The van der Waals surface area contributed by atoms with Crippen molar-refractivity contribution in [3.8, 4) is 5.75 Å². The lowest BCUT2D eigenvalue weighted by atomic mass is 10.3. The van der Waals surface area contributed by atoms with Gasteiger partial charge in [0.2, 0.25) is 5.95 Å². The number of H-pyrrole nitrogens is 1. The quantitative estimate of drug-likeness (QED) is 0.502. The number of carbonyl (C=O) groups is 1. The van der Waals surface area contributed by atoms with Gasteiger partial charge in [0, 0.05) is 23.9 Å². The summed E-state index contributed by atoms with van der Waals surface area (Å²) in [5, 5.41) is 15.7. The Morgan fingerprint density at radius 3 is 2.62 bits per heavy atom.